The Labute approximate surface area is 128 Å². The SMILES string of the molecule is CCCNc1cc(NC(C)c2ccc(Br)cc2)ncn1. The highest BCUT2D eigenvalue weighted by atomic mass is 79.9. The first kappa shape index (κ1) is 14.8. The van der Waals surface area contributed by atoms with Crippen molar-refractivity contribution in [3.63, 3.8) is 0 Å². The molecule has 0 spiro atoms. The van der Waals surface area contributed by atoms with Crippen molar-refractivity contribution in [3.05, 3.63) is 46.7 Å². The van der Waals surface area contributed by atoms with Gasteiger partial charge in [-0.3, -0.25) is 0 Å². The molecule has 1 aromatic carbocycles. The second-order valence-electron chi connectivity index (χ2n) is 4.63. The lowest BCUT2D eigenvalue weighted by Gasteiger charge is -2.15. The minimum Gasteiger partial charge on any atom is -0.370 e. The molecule has 106 valence electrons. The summed E-state index contributed by atoms with van der Waals surface area (Å²) in [7, 11) is 0. The van der Waals surface area contributed by atoms with E-state index in [1.807, 2.05) is 18.2 Å². The third-order valence-electron chi connectivity index (χ3n) is 2.96. The predicted octanol–water partition coefficient (Wildman–Crippen LogP) is 4.23. The highest BCUT2D eigenvalue weighted by molar-refractivity contribution is 9.10. The fraction of sp³-hybridized carbons (Fsp3) is 0.333. The molecule has 0 aliphatic carbocycles. The zero-order valence-corrected chi connectivity index (χ0v) is 13.3. The molecule has 0 fully saturated rings. The Kier molecular flexibility index (Phi) is 5.35. The number of aromatic nitrogens is 2. The van der Waals surface area contributed by atoms with Crippen molar-refractivity contribution in [1.82, 2.24) is 9.97 Å². The summed E-state index contributed by atoms with van der Waals surface area (Å²) in [5, 5.41) is 6.65. The fourth-order valence-corrected chi connectivity index (χ4v) is 2.11. The lowest BCUT2D eigenvalue weighted by atomic mass is 10.1. The third kappa shape index (κ3) is 4.20. The van der Waals surface area contributed by atoms with Crippen LogP contribution in [0.1, 0.15) is 31.9 Å². The van der Waals surface area contributed by atoms with Crippen LogP contribution in [-0.2, 0) is 0 Å². The Bertz CT molecular complexity index is 542. The minimum atomic E-state index is 0.192. The molecule has 0 aliphatic heterocycles. The molecule has 1 unspecified atom stereocenters. The normalized spacial score (nSPS) is 11.9. The van der Waals surface area contributed by atoms with Crippen LogP contribution in [0.15, 0.2) is 41.1 Å². The molecule has 0 radical (unpaired) electrons. The van der Waals surface area contributed by atoms with Crippen LogP contribution in [0.25, 0.3) is 0 Å². The van der Waals surface area contributed by atoms with Gasteiger partial charge >= 0.3 is 0 Å². The largest absolute Gasteiger partial charge is 0.370 e. The van der Waals surface area contributed by atoms with Gasteiger partial charge in [-0.05, 0) is 31.0 Å². The molecule has 1 aromatic heterocycles. The second kappa shape index (κ2) is 7.24. The van der Waals surface area contributed by atoms with E-state index in [1.54, 1.807) is 6.33 Å². The summed E-state index contributed by atoms with van der Waals surface area (Å²) in [6.07, 6.45) is 2.65. The van der Waals surface area contributed by atoms with Crippen LogP contribution in [0.4, 0.5) is 11.6 Å². The average Bonchev–Trinajstić information content (AvgIpc) is 2.46. The molecule has 5 heteroatoms. The maximum Gasteiger partial charge on any atom is 0.131 e. The predicted molar refractivity (Wildman–Crippen MR) is 87.0 cm³/mol. The number of nitrogens with zero attached hydrogens (tertiary/aromatic N) is 2. The molecule has 2 N–H and O–H groups in total. The van der Waals surface area contributed by atoms with E-state index in [0.717, 1.165) is 29.1 Å². The van der Waals surface area contributed by atoms with Gasteiger partial charge in [0.05, 0.1) is 0 Å². The zero-order chi connectivity index (χ0) is 14.4. The molecule has 2 rings (SSSR count). The molecule has 0 saturated carbocycles. The first-order valence-electron chi connectivity index (χ1n) is 6.77. The number of hydrogen-bond donors (Lipinski definition) is 2. The van der Waals surface area contributed by atoms with Crippen molar-refractivity contribution in [2.24, 2.45) is 0 Å². The van der Waals surface area contributed by atoms with Crippen molar-refractivity contribution in [1.29, 1.82) is 0 Å². The van der Waals surface area contributed by atoms with Crippen LogP contribution in [0, 0.1) is 0 Å². The molecular weight excluding hydrogens is 316 g/mol. The Hall–Kier alpha value is -1.62. The quantitative estimate of drug-likeness (QED) is 0.829. The second-order valence-corrected chi connectivity index (χ2v) is 5.55. The number of nitrogens with one attached hydrogen (secondary N) is 2. The molecule has 4 nitrogen and oxygen atoms in total. The summed E-state index contributed by atoms with van der Waals surface area (Å²) in [6, 6.07) is 10.4. The maximum atomic E-state index is 4.26. The molecular formula is C15H19BrN4. The van der Waals surface area contributed by atoms with Crippen LogP contribution in [0.5, 0.6) is 0 Å². The van der Waals surface area contributed by atoms with Gasteiger partial charge in [0.25, 0.3) is 0 Å². The topological polar surface area (TPSA) is 49.8 Å². The molecule has 0 bridgehead atoms. The highest BCUT2D eigenvalue weighted by Gasteiger charge is 2.06. The molecule has 0 saturated heterocycles. The van der Waals surface area contributed by atoms with Gasteiger partial charge in [-0.25, -0.2) is 9.97 Å². The lowest BCUT2D eigenvalue weighted by molar-refractivity contribution is 0.870. The van der Waals surface area contributed by atoms with Gasteiger partial charge in [0.2, 0.25) is 0 Å². The first-order chi connectivity index (χ1) is 9.69. The van der Waals surface area contributed by atoms with Crippen LogP contribution in [0.2, 0.25) is 0 Å². The van der Waals surface area contributed by atoms with E-state index in [4.69, 9.17) is 0 Å². The zero-order valence-electron chi connectivity index (χ0n) is 11.7. The molecule has 0 amide bonds. The molecule has 2 aromatic rings. The highest BCUT2D eigenvalue weighted by Crippen LogP contribution is 2.20. The standard InChI is InChI=1S/C15H19BrN4/c1-3-8-17-14-9-15(19-10-18-14)20-11(2)12-4-6-13(16)7-5-12/h4-7,9-11H,3,8H2,1-2H3,(H2,17,18,19,20). The van der Waals surface area contributed by atoms with E-state index in [0.29, 0.717) is 0 Å². The summed E-state index contributed by atoms with van der Waals surface area (Å²) in [5.41, 5.74) is 1.22. The summed E-state index contributed by atoms with van der Waals surface area (Å²) >= 11 is 3.45. The van der Waals surface area contributed by atoms with Crippen LogP contribution in [0.3, 0.4) is 0 Å². The Balaban J connectivity index is 2.03. The summed E-state index contributed by atoms with van der Waals surface area (Å²) in [6.45, 7) is 5.16. The van der Waals surface area contributed by atoms with E-state index in [2.05, 4.69) is 62.5 Å². The number of hydrogen-bond acceptors (Lipinski definition) is 4. The van der Waals surface area contributed by atoms with Crippen LogP contribution in [-0.4, -0.2) is 16.5 Å². The monoisotopic (exact) mass is 334 g/mol. The molecule has 1 heterocycles. The number of rotatable bonds is 6. The van der Waals surface area contributed by atoms with Gasteiger partial charge < -0.3 is 10.6 Å². The average molecular weight is 335 g/mol. The van der Waals surface area contributed by atoms with E-state index in [9.17, 15) is 0 Å². The Morgan fingerprint density at radius 3 is 2.55 bits per heavy atom. The smallest absolute Gasteiger partial charge is 0.131 e. The van der Waals surface area contributed by atoms with Gasteiger partial charge in [-0.2, -0.15) is 0 Å². The summed E-state index contributed by atoms with van der Waals surface area (Å²) in [4.78, 5) is 8.46. The van der Waals surface area contributed by atoms with Gasteiger partial charge in [0.15, 0.2) is 0 Å². The third-order valence-corrected chi connectivity index (χ3v) is 3.49. The van der Waals surface area contributed by atoms with Crippen molar-refractivity contribution in [2.45, 2.75) is 26.3 Å². The number of benzene rings is 1. The van der Waals surface area contributed by atoms with Gasteiger partial charge in [-0.1, -0.05) is 35.0 Å². The Morgan fingerprint density at radius 2 is 1.85 bits per heavy atom. The number of anilines is 2. The molecule has 0 aliphatic rings. The van der Waals surface area contributed by atoms with E-state index in [-0.39, 0.29) is 6.04 Å². The van der Waals surface area contributed by atoms with Crippen molar-refractivity contribution < 1.29 is 0 Å². The van der Waals surface area contributed by atoms with Crippen molar-refractivity contribution in [3.8, 4) is 0 Å². The summed E-state index contributed by atoms with van der Waals surface area (Å²) < 4.78 is 1.08. The van der Waals surface area contributed by atoms with Crippen molar-refractivity contribution >= 4 is 27.6 Å². The minimum absolute atomic E-state index is 0.192. The molecule has 20 heavy (non-hydrogen) atoms. The number of halogens is 1. The fourth-order valence-electron chi connectivity index (χ4n) is 1.84. The first-order valence-corrected chi connectivity index (χ1v) is 7.56. The Morgan fingerprint density at radius 1 is 1.15 bits per heavy atom. The van der Waals surface area contributed by atoms with Gasteiger partial charge in [0, 0.05) is 23.1 Å². The van der Waals surface area contributed by atoms with Crippen LogP contribution >= 0.6 is 15.9 Å². The van der Waals surface area contributed by atoms with Crippen molar-refractivity contribution in [2.75, 3.05) is 17.2 Å². The van der Waals surface area contributed by atoms with E-state index in [1.165, 1.54) is 5.56 Å². The van der Waals surface area contributed by atoms with E-state index >= 15 is 0 Å². The van der Waals surface area contributed by atoms with Crippen LogP contribution < -0.4 is 10.6 Å². The molecule has 1 atom stereocenters. The maximum absolute atomic E-state index is 4.26. The lowest BCUT2D eigenvalue weighted by Crippen LogP contribution is -2.09. The van der Waals surface area contributed by atoms with Gasteiger partial charge in [-0.15, -0.1) is 0 Å². The van der Waals surface area contributed by atoms with E-state index < -0.39 is 0 Å². The van der Waals surface area contributed by atoms with Gasteiger partial charge in [0.1, 0.15) is 18.0 Å². The summed E-state index contributed by atoms with van der Waals surface area (Å²) in [5.74, 6) is 1.68.